The largest absolute Gasteiger partial charge is 0.507 e. The van der Waals surface area contributed by atoms with Gasteiger partial charge in [-0.1, -0.05) is 146 Å². The van der Waals surface area contributed by atoms with Crippen LogP contribution in [0.2, 0.25) is 0 Å². The molecule has 0 aromatic heterocycles. The van der Waals surface area contributed by atoms with Crippen molar-refractivity contribution in [3.05, 3.63) is 131 Å². The lowest BCUT2D eigenvalue weighted by Crippen LogP contribution is -2.12. The fourth-order valence-electron chi connectivity index (χ4n) is 6.42. The maximum absolute atomic E-state index is 11.7. The van der Waals surface area contributed by atoms with Crippen LogP contribution in [0.5, 0.6) is 11.5 Å². The molecule has 0 radical (unpaired) electrons. The third-order valence-electron chi connectivity index (χ3n) is 9.40. The van der Waals surface area contributed by atoms with Crippen LogP contribution < -0.4 is 0 Å². The Hall–Kier alpha value is -3.86. The van der Waals surface area contributed by atoms with Crippen molar-refractivity contribution in [3.8, 4) is 33.8 Å². The van der Waals surface area contributed by atoms with Crippen LogP contribution in [0, 0.1) is 0 Å². The van der Waals surface area contributed by atoms with Gasteiger partial charge in [-0.2, -0.15) is 23.5 Å². The standard InChI is InChI=1S/C45H48O2S2/c1-29(49-28-33-23-35(45(5,6)7)25-41(43(33)47)39-21-13-17-31-15-9-11-19-37(31)39)26-48-27-32-22-34(44(2,3)4)24-40(42(32)46)38-20-12-16-30-14-8-10-18-36(30)38/h8-25,29,46-47H,26-28H2,1-7H3. The topological polar surface area (TPSA) is 40.5 Å². The molecule has 4 heteroatoms. The van der Waals surface area contributed by atoms with Gasteiger partial charge < -0.3 is 10.2 Å². The highest BCUT2D eigenvalue weighted by molar-refractivity contribution is 8.02. The first-order valence-electron chi connectivity index (χ1n) is 17.2. The number of benzene rings is 6. The Labute approximate surface area is 301 Å². The third kappa shape index (κ3) is 7.66. The van der Waals surface area contributed by atoms with Gasteiger partial charge in [0.15, 0.2) is 0 Å². The number of fused-ring (bicyclic) bond motifs is 2. The summed E-state index contributed by atoms with van der Waals surface area (Å²) in [7, 11) is 0. The highest BCUT2D eigenvalue weighted by Gasteiger charge is 2.23. The van der Waals surface area contributed by atoms with Crippen molar-refractivity contribution < 1.29 is 10.2 Å². The van der Waals surface area contributed by atoms with E-state index in [4.69, 9.17) is 0 Å². The SMILES string of the molecule is CC(CSCc1cc(C(C)(C)C)cc(-c2cccc3ccccc23)c1O)SCc1cc(C(C)(C)C)cc(-c2cccc3ccccc23)c1O. The number of aromatic hydroxyl groups is 2. The zero-order chi connectivity index (χ0) is 34.9. The summed E-state index contributed by atoms with van der Waals surface area (Å²) in [5, 5.41) is 28.4. The van der Waals surface area contributed by atoms with Gasteiger partial charge >= 0.3 is 0 Å². The van der Waals surface area contributed by atoms with Gasteiger partial charge in [0, 0.05) is 44.8 Å². The number of phenolic OH excluding ortho intramolecular Hbond substituents is 2. The van der Waals surface area contributed by atoms with E-state index in [0.717, 1.165) is 61.4 Å². The van der Waals surface area contributed by atoms with E-state index < -0.39 is 0 Å². The van der Waals surface area contributed by atoms with E-state index in [9.17, 15) is 10.2 Å². The van der Waals surface area contributed by atoms with Crippen LogP contribution in [0.3, 0.4) is 0 Å². The van der Waals surface area contributed by atoms with Crippen LogP contribution in [0.1, 0.15) is 70.7 Å². The van der Waals surface area contributed by atoms with Crippen LogP contribution in [-0.4, -0.2) is 21.2 Å². The van der Waals surface area contributed by atoms with Crippen molar-refractivity contribution in [2.75, 3.05) is 5.75 Å². The van der Waals surface area contributed by atoms with Crippen LogP contribution in [0.15, 0.2) is 109 Å². The molecule has 0 fully saturated rings. The molecule has 1 atom stereocenters. The molecule has 6 aromatic carbocycles. The maximum atomic E-state index is 11.7. The van der Waals surface area contributed by atoms with Crippen molar-refractivity contribution in [1.29, 1.82) is 0 Å². The minimum absolute atomic E-state index is 0.0515. The second-order valence-electron chi connectivity index (χ2n) is 15.3. The van der Waals surface area contributed by atoms with Crippen LogP contribution in [0.4, 0.5) is 0 Å². The summed E-state index contributed by atoms with van der Waals surface area (Å²) in [6.07, 6.45) is 0. The lowest BCUT2D eigenvalue weighted by atomic mass is 9.83. The molecule has 49 heavy (non-hydrogen) atoms. The van der Waals surface area contributed by atoms with E-state index >= 15 is 0 Å². The van der Waals surface area contributed by atoms with Crippen LogP contribution >= 0.6 is 23.5 Å². The molecule has 0 heterocycles. The molecular weight excluding hydrogens is 637 g/mol. The Kier molecular flexibility index (Phi) is 10.1. The molecule has 0 saturated heterocycles. The smallest absolute Gasteiger partial charge is 0.127 e. The Morgan fingerprint density at radius 1 is 0.531 bits per heavy atom. The van der Waals surface area contributed by atoms with E-state index in [-0.39, 0.29) is 10.8 Å². The molecule has 0 saturated carbocycles. The summed E-state index contributed by atoms with van der Waals surface area (Å²) < 4.78 is 0. The Bertz CT molecular complexity index is 2110. The molecule has 6 rings (SSSR count). The van der Waals surface area contributed by atoms with Crippen molar-refractivity contribution in [1.82, 2.24) is 0 Å². The molecule has 0 spiro atoms. The van der Waals surface area contributed by atoms with E-state index in [0.29, 0.717) is 16.7 Å². The van der Waals surface area contributed by atoms with Crippen molar-refractivity contribution >= 4 is 45.1 Å². The zero-order valence-corrected chi connectivity index (χ0v) is 31.4. The molecule has 0 amide bonds. The lowest BCUT2D eigenvalue weighted by Gasteiger charge is -2.24. The quantitative estimate of drug-likeness (QED) is 0.159. The molecule has 0 aliphatic heterocycles. The number of thioether (sulfide) groups is 2. The normalized spacial score (nSPS) is 12.9. The highest BCUT2D eigenvalue weighted by Crippen LogP contribution is 2.43. The second-order valence-corrected chi connectivity index (χ2v) is 17.7. The predicted octanol–water partition coefficient (Wildman–Crippen LogP) is 12.9. The molecule has 0 aliphatic carbocycles. The average molecular weight is 685 g/mol. The summed E-state index contributed by atoms with van der Waals surface area (Å²) in [5.41, 5.74) is 8.24. The fourth-order valence-corrected chi connectivity index (χ4v) is 8.67. The van der Waals surface area contributed by atoms with Gasteiger partial charge in [-0.3, -0.25) is 0 Å². The second kappa shape index (κ2) is 14.2. The van der Waals surface area contributed by atoms with Crippen molar-refractivity contribution in [3.63, 3.8) is 0 Å². The Morgan fingerprint density at radius 3 is 1.43 bits per heavy atom. The molecule has 1 unspecified atom stereocenters. The first kappa shape index (κ1) is 35.0. The Balaban J connectivity index is 1.21. The first-order chi connectivity index (χ1) is 23.3. The van der Waals surface area contributed by atoms with Gasteiger partial charge in [-0.15, -0.1) is 0 Å². The molecule has 2 nitrogen and oxygen atoms in total. The van der Waals surface area contributed by atoms with E-state index in [1.54, 1.807) is 0 Å². The minimum Gasteiger partial charge on any atom is -0.507 e. The predicted molar refractivity (Wildman–Crippen MR) is 216 cm³/mol. The third-order valence-corrected chi connectivity index (χ3v) is 12.1. The highest BCUT2D eigenvalue weighted by atomic mass is 32.2. The van der Waals surface area contributed by atoms with E-state index in [1.165, 1.54) is 21.9 Å². The van der Waals surface area contributed by atoms with Crippen molar-refractivity contribution in [2.45, 2.75) is 76.1 Å². The van der Waals surface area contributed by atoms with E-state index in [2.05, 4.69) is 158 Å². The maximum Gasteiger partial charge on any atom is 0.127 e. The summed E-state index contributed by atoms with van der Waals surface area (Å²) in [5.74, 6) is 3.15. The number of hydrogen-bond donors (Lipinski definition) is 2. The van der Waals surface area contributed by atoms with Crippen molar-refractivity contribution in [2.24, 2.45) is 0 Å². The Morgan fingerprint density at radius 2 is 0.959 bits per heavy atom. The number of phenols is 2. The first-order valence-corrected chi connectivity index (χ1v) is 19.4. The summed E-state index contributed by atoms with van der Waals surface area (Å²) >= 11 is 3.74. The molecular formula is C45H48O2S2. The van der Waals surface area contributed by atoms with Gasteiger partial charge in [-0.05, 0) is 66.8 Å². The van der Waals surface area contributed by atoms with Gasteiger partial charge in [0.2, 0.25) is 0 Å². The summed E-state index contributed by atoms with van der Waals surface area (Å²) in [4.78, 5) is 0. The molecule has 6 aromatic rings. The molecule has 0 bridgehead atoms. The van der Waals surface area contributed by atoms with Crippen LogP contribution in [-0.2, 0) is 22.3 Å². The van der Waals surface area contributed by atoms with Crippen LogP contribution in [0.25, 0.3) is 43.8 Å². The number of hydrogen-bond acceptors (Lipinski definition) is 4. The molecule has 2 N–H and O–H groups in total. The molecule has 252 valence electrons. The summed E-state index contributed by atoms with van der Waals surface area (Å²) in [6, 6.07) is 38.2. The lowest BCUT2D eigenvalue weighted by molar-refractivity contribution is 0.471. The monoisotopic (exact) mass is 684 g/mol. The minimum atomic E-state index is -0.0532. The summed E-state index contributed by atoms with van der Waals surface area (Å²) in [6.45, 7) is 15.7. The van der Waals surface area contributed by atoms with Gasteiger partial charge in [0.1, 0.15) is 11.5 Å². The number of rotatable bonds is 9. The molecule has 0 aliphatic rings. The van der Waals surface area contributed by atoms with Gasteiger partial charge in [0.25, 0.3) is 0 Å². The fraction of sp³-hybridized carbons (Fsp3) is 0.289. The van der Waals surface area contributed by atoms with E-state index in [1.807, 2.05) is 23.5 Å². The average Bonchev–Trinajstić information content (AvgIpc) is 3.07. The van der Waals surface area contributed by atoms with Gasteiger partial charge in [-0.25, -0.2) is 0 Å². The zero-order valence-electron chi connectivity index (χ0n) is 29.8. The van der Waals surface area contributed by atoms with Gasteiger partial charge in [0.05, 0.1) is 0 Å².